The van der Waals surface area contributed by atoms with E-state index in [9.17, 15) is 13.2 Å². The van der Waals surface area contributed by atoms with Gasteiger partial charge in [-0.05, 0) is 34.1 Å². The van der Waals surface area contributed by atoms with Gasteiger partial charge in [0.05, 0.1) is 25.2 Å². The average molecular weight is 443 g/mol. The topological polar surface area (TPSA) is 72.9 Å². The summed E-state index contributed by atoms with van der Waals surface area (Å²) in [5.74, 6) is -0.635. The van der Waals surface area contributed by atoms with E-state index in [-0.39, 0.29) is 24.7 Å². The van der Waals surface area contributed by atoms with Gasteiger partial charge in [-0.15, -0.1) is 0 Å². The molecule has 0 bridgehead atoms. The van der Waals surface area contributed by atoms with Gasteiger partial charge in [0, 0.05) is 15.5 Å². The van der Waals surface area contributed by atoms with E-state index in [0.717, 1.165) is 4.31 Å². The Labute approximate surface area is 139 Å². The Morgan fingerprint density at radius 2 is 2.14 bits per heavy atom. The molecule has 1 aromatic carbocycles. The Morgan fingerprint density at radius 3 is 2.81 bits per heavy atom. The maximum atomic E-state index is 12.8. The highest BCUT2D eigenvalue weighted by atomic mass is 79.9. The van der Waals surface area contributed by atoms with Crippen molar-refractivity contribution >= 4 is 47.9 Å². The summed E-state index contributed by atoms with van der Waals surface area (Å²) in [4.78, 5) is 11.9. The van der Waals surface area contributed by atoms with Gasteiger partial charge in [0.15, 0.2) is 0 Å². The first-order valence-electron chi connectivity index (χ1n) is 6.00. The number of ether oxygens (including phenoxy) is 2. The predicted octanol–water partition coefficient (Wildman–Crippen LogP) is 1.77. The van der Waals surface area contributed by atoms with Gasteiger partial charge in [0.1, 0.15) is 6.04 Å². The highest BCUT2D eigenvalue weighted by Gasteiger charge is 2.39. The maximum Gasteiger partial charge on any atom is 0.326 e. The predicted molar refractivity (Wildman–Crippen MR) is 82.4 cm³/mol. The molecule has 1 aliphatic heterocycles. The number of rotatable bonds is 3. The van der Waals surface area contributed by atoms with E-state index in [0.29, 0.717) is 8.95 Å². The largest absolute Gasteiger partial charge is 0.468 e. The summed E-state index contributed by atoms with van der Waals surface area (Å²) in [6.07, 6.45) is 0. The van der Waals surface area contributed by atoms with E-state index >= 15 is 0 Å². The van der Waals surface area contributed by atoms with Gasteiger partial charge in [-0.25, -0.2) is 8.42 Å². The van der Waals surface area contributed by atoms with Gasteiger partial charge in [0.2, 0.25) is 10.0 Å². The van der Waals surface area contributed by atoms with Crippen molar-refractivity contribution in [3.8, 4) is 0 Å². The first-order valence-corrected chi connectivity index (χ1v) is 9.03. The van der Waals surface area contributed by atoms with Crippen LogP contribution >= 0.6 is 31.9 Å². The molecule has 1 aliphatic rings. The fourth-order valence-corrected chi connectivity index (χ4v) is 5.01. The van der Waals surface area contributed by atoms with Crippen molar-refractivity contribution in [2.24, 2.45) is 0 Å². The molecule has 1 fully saturated rings. The minimum Gasteiger partial charge on any atom is -0.468 e. The summed E-state index contributed by atoms with van der Waals surface area (Å²) >= 11 is 6.48. The third-order valence-electron chi connectivity index (χ3n) is 3.03. The second-order valence-electron chi connectivity index (χ2n) is 4.30. The van der Waals surface area contributed by atoms with Crippen LogP contribution < -0.4 is 0 Å². The summed E-state index contributed by atoms with van der Waals surface area (Å²) in [7, 11) is -2.62. The number of carbonyl (C=O) groups is 1. The van der Waals surface area contributed by atoms with Crippen LogP contribution in [-0.2, 0) is 24.3 Å². The molecule has 0 saturated carbocycles. The number of carbonyl (C=O) groups excluding carboxylic acids is 1. The van der Waals surface area contributed by atoms with Gasteiger partial charge < -0.3 is 9.47 Å². The summed E-state index contributed by atoms with van der Waals surface area (Å²) in [5, 5.41) is 0. The molecule has 2 rings (SSSR count). The number of halogens is 2. The second kappa shape index (κ2) is 6.74. The van der Waals surface area contributed by atoms with Crippen LogP contribution in [0.1, 0.15) is 0 Å². The van der Waals surface area contributed by atoms with E-state index in [1.807, 2.05) is 0 Å². The molecule has 0 amide bonds. The quantitative estimate of drug-likeness (QED) is 0.667. The number of esters is 1. The van der Waals surface area contributed by atoms with Crippen molar-refractivity contribution in [1.29, 1.82) is 0 Å². The van der Waals surface area contributed by atoms with Crippen LogP contribution in [0.25, 0.3) is 0 Å². The Bertz CT molecular complexity index is 649. The van der Waals surface area contributed by atoms with Crippen molar-refractivity contribution < 1.29 is 22.7 Å². The monoisotopic (exact) mass is 441 g/mol. The molecule has 0 spiro atoms. The van der Waals surface area contributed by atoms with Gasteiger partial charge in [-0.1, -0.05) is 15.9 Å². The fourth-order valence-electron chi connectivity index (χ4n) is 2.00. The molecule has 1 aromatic rings. The summed E-state index contributed by atoms with van der Waals surface area (Å²) in [5.41, 5.74) is 0. The molecule has 1 saturated heterocycles. The smallest absolute Gasteiger partial charge is 0.326 e. The summed E-state index contributed by atoms with van der Waals surface area (Å²) in [6.45, 7) is 0.316. The van der Waals surface area contributed by atoms with Crippen molar-refractivity contribution in [2.75, 3.05) is 26.9 Å². The number of hydrogen-bond acceptors (Lipinski definition) is 5. The molecular formula is C12H13Br2NO5S. The van der Waals surface area contributed by atoms with Gasteiger partial charge in [0.25, 0.3) is 0 Å². The third-order valence-corrected chi connectivity index (χ3v) is 6.43. The van der Waals surface area contributed by atoms with E-state index < -0.39 is 22.0 Å². The molecule has 0 aromatic heterocycles. The van der Waals surface area contributed by atoms with Crippen molar-refractivity contribution in [2.45, 2.75) is 10.9 Å². The number of morpholine rings is 1. The number of methoxy groups -OCH3 is 1. The molecule has 1 heterocycles. The zero-order valence-electron chi connectivity index (χ0n) is 11.1. The van der Waals surface area contributed by atoms with Crippen molar-refractivity contribution in [3.05, 3.63) is 27.1 Å². The van der Waals surface area contributed by atoms with Gasteiger partial charge in [-0.3, -0.25) is 4.79 Å². The lowest BCUT2D eigenvalue weighted by molar-refractivity contribution is -0.149. The van der Waals surface area contributed by atoms with Crippen molar-refractivity contribution in [1.82, 2.24) is 4.31 Å². The normalized spacial score (nSPS) is 20.2. The molecule has 0 radical (unpaired) electrons. The molecule has 21 heavy (non-hydrogen) atoms. The van der Waals surface area contributed by atoms with Crippen LogP contribution in [0, 0.1) is 0 Å². The molecule has 9 heteroatoms. The molecule has 116 valence electrons. The number of nitrogens with zero attached hydrogens (tertiary/aromatic N) is 1. The van der Waals surface area contributed by atoms with E-state index in [2.05, 4.69) is 36.6 Å². The molecule has 6 nitrogen and oxygen atoms in total. The SMILES string of the molecule is COC(=O)C1COCCN1S(=O)(=O)c1cc(Br)ccc1Br. The lowest BCUT2D eigenvalue weighted by Crippen LogP contribution is -2.52. The average Bonchev–Trinajstić information content (AvgIpc) is 2.48. The van der Waals surface area contributed by atoms with Gasteiger partial charge in [-0.2, -0.15) is 4.31 Å². The first kappa shape index (κ1) is 16.9. The first-order chi connectivity index (χ1) is 9.87. The third kappa shape index (κ3) is 3.48. The standard InChI is InChI=1S/C12H13Br2NO5S/c1-19-12(16)10-7-20-5-4-15(10)21(17,18)11-6-8(13)2-3-9(11)14/h2-3,6,10H,4-5,7H2,1H3. The van der Waals surface area contributed by atoms with Crippen LogP contribution in [0.5, 0.6) is 0 Å². The number of benzene rings is 1. The minimum atomic E-state index is -3.84. The Morgan fingerprint density at radius 1 is 1.43 bits per heavy atom. The van der Waals surface area contributed by atoms with Crippen LogP contribution in [-0.4, -0.2) is 51.6 Å². The lowest BCUT2D eigenvalue weighted by Gasteiger charge is -2.32. The second-order valence-corrected chi connectivity index (χ2v) is 7.93. The summed E-state index contributed by atoms with van der Waals surface area (Å²) < 4.78 is 37.6. The van der Waals surface area contributed by atoms with E-state index in [1.54, 1.807) is 12.1 Å². The Kier molecular flexibility index (Phi) is 5.42. The number of sulfonamides is 1. The van der Waals surface area contributed by atoms with Crippen LogP contribution in [0.4, 0.5) is 0 Å². The zero-order chi connectivity index (χ0) is 15.6. The minimum absolute atomic E-state index is 0.0163. The molecule has 1 unspecified atom stereocenters. The molecule has 0 N–H and O–H groups in total. The highest BCUT2D eigenvalue weighted by molar-refractivity contribution is 9.11. The Hall–Kier alpha value is -0.480. The molecule has 0 aliphatic carbocycles. The van der Waals surface area contributed by atoms with Gasteiger partial charge >= 0.3 is 5.97 Å². The van der Waals surface area contributed by atoms with Crippen molar-refractivity contribution in [3.63, 3.8) is 0 Å². The van der Waals surface area contributed by atoms with Crippen LogP contribution in [0.3, 0.4) is 0 Å². The molecule has 1 atom stereocenters. The molecular weight excluding hydrogens is 430 g/mol. The van der Waals surface area contributed by atoms with E-state index in [1.165, 1.54) is 13.2 Å². The van der Waals surface area contributed by atoms with Crippen LogP contribution in [0.2, 0.25) is 0 Å². The summed E-state index contributed by atoms with van der Waals surface area (Å²) in [6, 6.07) is 3.87. The Balaban J connectivity index is 2.45. The maximum absolute atomic E-state index is 12.8. The lowest BCUT2D eigenvalue weighted by atomic mass is 10.3. The van der Waals surface area contributed by atoms with Crippen LogP contribution in [0.15, 0.2) is 32.0 Å². The van der Waals surface area contributed by atoms with E-state index in [4.69, 9.17) is 4.74 Å². The highest BCUT2D eigenvalue weighted by Crippen LogP contribution is 2.30. The fraction of sp³-hybridized carbons (Fsp3) is 0.417. The number of hydrogen-bond donors (Lipinski definition) is 0. The zero-order valence-corrected chi connectivity index (χ0v) is 15.1.